The fourth-order valence-corrected chi connectivity index (χ4v) is 3.78. The van der Waals surface area contributed by atoms with Crippen molar-refractivity contribution in [1.29, 1.82) is 0 Å². The van der Waals surface area contributed by atoms with Crippen molar-refractivity contribution in [3.63, 3.8) is 0 Å². The van der Waals surface area contributed by atoms with Crippen molar-refractivity contribution < 1.29 is 9.53 Å². The molecule has 2 saturated carbocycles. The normalized spacial score (nSPS) is 35.4. The van der Waals surface area contributed by atoms with Crippen LogP contribution < -0.4 is 11.1 Å². The highest BCUT2D eigenvalue weighted by atomic mass is 16.5. The second-order valence-electron chi connectivity index (χ2n) is 7.27. The van der Waals surface area contributed by atoms with Crippen LogP contribution in [-0.2, 0) is 9.53 Å². The predicted molar refractivity (Wildman–Crippen MR) is 75.6 cm³/mol. The minimum Gasteiger partial charge on any atom is -0.379 e. The molecule has 19 heavy (non-hydrogen) atoms. The van der Waals surface area contributed by atoms with Crippen molar-refractivity contribution in [2.24, 2.45) is 28.9 Å². The van der Waals surface area contributed by atoms with Gasteiger partial charge in [-0.1, -0.05) is 20.8 Å². The van der Waals surface area contributed by atoms with Crippen molar-refractivity contribution in [1.82, 2.24) is 5.32 Å². The van der Waals surface area contributed by atoms with E-state index in [0.29, 0.717) is 18.4 Å². The third-order valence-electron chi connectivity index (χ3n) is 5.00. The van der Waals surface area contributed by atoms with Crippen LogP contribution in [0.4, 0.5) is 0 Å². The molecule has 0 spiro atoms. The Kier molecular flexibility index (Phi) is 4.21. The maximum Gasteiger partial charge on any atom is 0.225 e. The first kappa shape index (κ1) is 14.8. The summed E-state index contributed by atoms with van der Waals surface area (Å²) in [6.07, 6.45) is 3.56. The smallest absolute Gasteiger partial charge is 0.225 e. The highest BCUT2D eigenvalue weighted by molar-refractivity contribution is 5.80. The van der Waals surface area contributed by atoms with Crippen LogP contribution in [0.2, 0.25) is 0 Å². The van der Waals surface area contributed by atoms with E-state index in [2.05, 4.69) is 26.1 Å². The minimum atomic E-state index is 0.0243. The summed E-state index contributed by atoms with van der Waals surface area (Å²) in [6, 6.07) is 0.0642. The van der Waals surface area contributed by atoms with Crippen LogP contribution >= 0.6 is 0 Å². The van der Waals surface area contributed by atoms with E-state index in [1.165, 1.54) is 12.8 Å². The van der Waals surface area contributed by atoms with Gasteiger partial charge in [0.1, 0.15) is 0 Å². The standard InChI is InChI=1S/C15H28N2O2/c1-15(2,3)11(19-4)8-17-14(18)12-9-5-6-10(7-9)13(12)16/h9-13H,5-8,16H2,1-4H3,(H,17,18). The largest absolute Gasteiger partial charge is 0.379 e. The van der Waals surface area contributed by atoms with Crippen LogP contribution in [0.5, 0.6) is 0 Å². The van der Waals surface area contributed by atoms with E-state index in [4.69, 9.17) is 10.5 Å². The number of hydrogen-bond acceptors (Lipinski definition) is 3. The number of fused-ring (bicyclic) bond motifs is 2. The number of hydrogen-bond donors (Lipinski definition) is 2. The predicted octanol–water partition coefficient (Wildman–Crippen LogP) is 1.54. The highest BCUT2D eigenvalue weighted by Gasteiger charge is 2.49. The molecule has 2 aliphatic carbocycles. The summed E-state index contributed by atoms with van der Waals surface area (Å²) in [4.78, 5) is 12.3. The molecule has 0 saturated heterocycles. The molecule has 0 aromatic carbocycles. The van der Waals surface area contributed by atoms with Gasteiger partial charge in [0.2, 0.25) is 5.91 Å². The lowest BCUT2D eigenvalue weighted by Gasteiger charge is -2.31. The van der Waals surface area contributed by atoms with E-state index in [9.17, 15) is 4.79 Å². The lowest BCUT2D eigenvalue weighted by Crippen LogP contribution is -2.48. The van der Waals surface area contributed by atoms with Gasteiger partial charge < -0.3 is 15.8 Å². The van der Waals surface area contributed by atoms with E-state index in [1.807, 2.05) is 0 Å². The molecular weight excluding hydrogens is 240 g/mol. The van der Waals surface area contributed by atoms with E-state index >= 15 is 0 Å². The van der Waals surface area contributed by atoms with Crippen LogP contribution in [0.15, 0.2) is 0 Å². The first-order valence-corrected chi connectivity index (χ1v) is 7.40. The Hall–Kier alpha value is -0.610. The Balaban J connectivity index is 1.88. The summed E-state index contributed by atoms with van der Waals surface area (Å²) in [5.74, 6) is 1.24. The summed E-state index contributed by atoms with van der Waals surface area (Å²) >= 11 is 0. The summed E-state index contributed by atoms with van der Waals surface area (Å²) in [5, 5.41) is 3.05. The van der Waals surface area contributed by atoms with Gasteiger partial charge >= 0.3 is 0 Å². The van der Waals surface area contributed by atoms with Crippen molar-refractivity contribution >= 4 is 5.91 Å². The number of nitrogens with one attached hydrogen (secondary N) is 1. The molecule has 0 heterocycles. The third-order valence-corrected chi connectivity index (χ3v) is 5.00. The molecule has 5 unspecified atom stereocenters. The molecule has 0 aromatic heterocycles. The fourth-order valence-electron chi connectivity index (χ4n) is 3.78. The molecule has 4 heteroatoms. The SMILES string of the molecule is COC(CNC(=O)C1C2CCC(C2)C1N)C(C)(C)C. The Morgan fingerprint density at radius 1 is 1.37 bits per heavy atom. The molecule has 5 atom stereocenters. The van der Waals surface area contributed by atoms with Gasteiger partial charge in [-0.3, -0.25) is 4.79 Å². The average molecular weight is 268 g/mol. The van der Waals surface area contributed by atoms with Gasteiger partial charge in [-0.05, 0) is 36.5 Å². The number of carbonyl (C=O) groups is 1. The van der Waals surface area contributed by atoms with E-state index in [1.54, 1.807) is 7.11 Å². The first-order chi connectivity index (χ1) is 8.84. The lowest BCUT2D eigenvalue weighted by atomic mass is 9.84. The Morgan fingerprint density at radius 2 is 2.00 bits per heavy atom. The van der Waals surface area contributed by atoms with Crippen LogP contribution in [0.3, 0.4) is 0 Å². The van der Waals surface area contributed by atoms with Gasteiger partial charge in [0.25, 0.3) is 0 Å². The van der Waals surface area contributed by atoms with Gasteiger partial charge in [-0.15, -0.1) is 0 Å². The number of rotatable bonds is 4. The quantitative estimate of drug-likeness (QED) is 0.813. The van der Waals surface area contributed by atoms with Crippen LogP contribution in [-0.4, -0.2) is 31.7 Å². The average Bonchev–Trinajstić information content (AvgIpc) is 2.88. The maximum atomic E-state index is 12.3. The fraction of sp³-hybridized carbons (Fsp3) is 0.933. The van der Waals surface area contributed by atoms with E-state index in [-0.39, 0.29) is 29.4 Å². The minimum absolute atomic E-state index is 0.0243. The summed E-state index contributed by atoms with van der Waals surface area (Å²) < 4.78 is 5.47. The zero-order chi connectivity index (χ0) is 14.2. The second-order valence-corrected chi connectivity index (χ2v) is 7.27. The number of ether oxygens (including phenoxy) is 1. The first-order valence-electron chi connectivity index (χ1n) is 7.40. The zero-order valence-electron chi connectivity index (χ0n) is 12.6. The molecule has 1 amide bonds. The molecule has 2 aliphatic rings. The number of methoxy groups -OCH3 is 1. The van der Waals surface area contributed by atoms with E-state index in [0.717, 1.165) is 6.42 Å². The molecule has 110 valence electrons. The van der Waals surface area contributed by atoms with Crippen molar-refractivity contribution in [2.45, 2.75) is 52.2 Å². The van der Waals surface area contributed by atoms with Gasteiger partial charge in [-0.2, -0.15) is 0 Å². The number of amides is 1. The lowest BCUT2D eigenvalue weighted by molar-refractivity contribution is -0.128. The van der Waals surface area contributed by atoms with Crippen molar-refractivity contribution in [3.8, 4) is 0 Å². The Bertz CT molecular complexity index is 336. The number of nitrogens with two attached hydrogens (primary N) is 1. The third kappa shape index (κ3) is 2.95. The molecular formula is C15H28N2O2. The monoisotopic (exact) mass is 268 g/mol. The molecule has 0 aromatic rings. The van der Waals surface area contributed by atoms with Crippen LogP contribution in [0, 0.1) is 23.2 Å². The molecule has 4 nitrogen and oxygen atoms in total. The molecule has 2 fully saturated rings. The molecule has 2 rings (SSSR count). The Labute approximate surface area is 116 Å². The van der Waals surface area contributed by atoms with Crippen LogP contribution in [0.25, 0.3) is 0 Å². The van der Waals surface area contributed by atoms with Gasteiger partial charge in [-0.25, -0.2) is 0 Å². The van der Waals surface area contributed by atoms with Crippen molar-refractivity contribution in [2.75, 3.05) is 13.7 Å². The molecule has 3 N–H and O–H groups in total. The van der Waals surface area contributed by atoms with Gasteiger partial charge in [0.05, 0.1) is 12.0 Å². The topological polar surface area (TPSA) is 64.3 Å². The zero-order valence-corrected chi connectivity index (χ0v) is 12.6. The molecule has 2 bridgehead atoms. The summed E-state index contributed by atoms with van der Waals surface area (Å²) in [5.41, 5.74) is 6.22. The molecule has 0 radical (unpaired) electrons. The van der Waals surface area contributed by atoms with Crippen LogP contribution in [0.1, 0.15) is 40.0 Å². The summed E-state index contributed by atoms with van der Waals surface area (Å²) in [6.45, 7) is 6.93. The molecule has 0 aliphatic heterocycles. The maximum absolute atomic E-state index is 12.3. The number of carbonyl (C=O) groups excluding carboxylic acids is 1. The van der Waals surface area contributed by atoms with Gasteiger partial charge in [0.15, 0.2) is 0 Å². The highest BCUT2D eigenvalue weighted by Crippen LogP contribution is 2.47. The Morgan fingerprint density at radius 3 is 2.47 bits per heavy atom. The second kappa shape index (κ2) is 5.41. The summed E-state index contributed by atoms with van der Waals surface area (Å²) in [7, 11) is 1.70. The van der Waals surface area contributed by atoms with Crippen molar-refractivity contribution in [3.05, 3.63) is 0 Å². The van der Waals surface area contributed by atoms with Gasteiger partial charge in [0, 0.05) is 19.7 Å². The van der Waals surface area contributed by atoms with E-state index < -0.39 is 0 Å².